The lowest BCUT2D eigenvalue weighted by atomic mass is 10.1. The molecule has 0 aromatic heterocycles. The number of benzene rings is 1. The minimum absolute atomic E-state index is 1.02. The molecule has 0 nitrogen and oxygen atoms in total. The van der Waals surface area contributed by atoms with Crippen molar-refractivity contribution >= 4 is 0 Å². The van der Waals surface area contributed by atoms with E-state index in [-0.39, 0.29) is 0 Å². The van der Waals surface area contributed by atoms with Gasteiger partial charge in [-0.3, -0.25) is 0 Å². The molecule has 78 valence electrons. The van der Waals surface area contributed by atoms with Gasteiger partial charge in [0.25, 0.3) is 0 Å². The quantitative estimate of drug-likeness (QED) is 0.632. The predicted octanol–water partition coefficient (Wildman–Crippen LogP) is 4.31. The summed E-state index contributed by atoms with van der Waals surface area (Å²) in [6.07, 6.45) is 7.14. The van der Waals surface area contributed by atoms with Crippen LogP contribution < -0.4 is 0 Å². The van der Waals surface area contributed by atoms with Gasteiger partial charge in [-0.2, -0.15) is 0 Å². The summed E-state index contributed by atoms with van der Waals surface area (Å²) in [5.41, 5.74) is 3.92. The monoisotopic (exact) mass is 198 g/mol. The fourth-order valence-corrected chi connectivity index (χ4v) is 1.32. The summed E-state index contributed by atoms with van der Waals surface area (Å²) in [4.78, 5) is 0. The molecule has 0 aliphatic heterocycles. The largest absolute Gasteiger partial charge is 0.0988 e. The zero-order valence-electron chi connectivity index (χ0n) is 9.53. The van der Waals surface area contributed by atoms with E-state index in [1.807, 2.05) is 12.1 Å². The van der Waals surface area contributed by atoms with Gasteiger partial charge in [0, 0.05) is 0 Å². The summed E-state index contributed by atoms with van der Waals surface area (Å²) >= 11 is 0. The molecule has 0 saturated carbocycles. The van der Waals surface area contributed by atoms with E-state index in [1.165, 1.54) is 16.7 Å². The van der Waals surface area contributed by atoms with Crippen molar-refractivity contribution in [1.82, 2.24) is 0 Å². The third-order valence-corrected chi connectivity index (χ3v) is 2.28. The van der Waals surface area contributed by atoms with Crippen molar-refractivity contribution in [2.45, 2.75) is 20.3 Å². The Balaban J connectivity index is 2.63. The average Bonchev–Trinajstić information content (AvgIpc) is 2.27. The Morgan fingerprint density at radius 2 is 1.80 bits per heavy atom. The summed E-state index contributed by atoms with van der Waals surface area (Å²) in [6.45, 7) is 7.93. The van der Waals surface area contributed by atoms with Gasteiger partial charge in [0.05, 0.1) is 0 Å². The van der Waals surface area contributed by atoms with Crippen molar-refractivity contribution < 1.29 is 0 Å². The minimum Gasteiger partial charge on any atom is -0.0988 e. The van der Waals surface area contributed by atoms with E-state index < -0.39 is 0 Å². The first kappa shape index (κ1) is 11.5. The molecule has 0 bridgehead atoms. The first-order chi connectivity index (χ1) is 7.22. The van der Waals surface area contributed by atoms with Crippen LogP contribution in [0.25, 0.3) is 0 Å². The van der Waals surface area contributed by atoms with Gasteiger partial charge in [-0.25, -0.2) is 0 Å². The molecule has 15 heavy (non-hydrogen) atoms. The zero-order chi connectivity index (χ0) is 11.1. The summed E-state index contributed by atoms with van der Waals surface area (Å²) in [5, 5.41) is 0. The molecular weight excluding hydrogens is 180 g/mol. The van der Waals surface area contributed by atoms with Crippen molar-refractivity contribution in [3.05, 3.63) is 71.8 Å². The fraction of sp³-hybridized carbons (Fsp3) is 0.200. The topological polar surface area (TPSA) is 0 Å². The van der Waals surface area contributed by atoms with E-state index in [1.54, 1.807) is 0 Å². The highest BCUT2D eigenvalue weighted by Crippen LogP contribution is 2.07. The third-order valence-electron chi connectivity index (χ3n) is 2.28. The molecule has 0 atom stereocenters. The minimum atomic E-state index is 1.02. The maximum Gasteiger partial charge on any atom is -0.00668 e. The molecule has 0 heterocycles. The molecule has 1 aromatic rings. The highest BCUT2D eigenvalue weighted by atomic mass is 14.0. The van der Waals surface area contributed by atoms with Crippen molar-refractivity contribution in [3.63, 3.8) is 0 Å². The second-order valence-electron chi connectivity index (χ2n) is 3.79. The predicted molar refractivity (Wildman–Crippen MR) is 67.9 cm³/mol. The van der Waals surface area contributed by atoms with Crippen LogP contribution in [0.3, 0.4) is 0 Å². The van der Waals surface area contributed by atoms with Crippen LogP contribution in [0.4, 0.5) is 0 Å². The molecule has 0 unspecified atom stereocenters. The summed E-state index contributed by atoms with van der Waals surface area (Å²) in [7, 11) is 0. The normalized spacial score (nSPS) is 12.7. The van der Waals surface area contributed by atoms with Crippen LogP contribution >= 0.6 is 0 Å². The molecule has 0 N–H and O–H groups in total. The standard InChI is InChI=1S/C15H18/c1-4-13(2)10-11-14(3)12-15-8-6-5-7-9-15/h4-11H,1,12H2,2-3H3/b13-10-,14-11+. The Morgan fingerprint density at radius 3 is 2.40 bits per heavy atom. The number of rotatable bonds is 4. The number of hydrogen-bond donors (Lipinski definition) is 0. The third kappa shape index (κ3) is 4.46. The maximum atomic E-state index is 3.72. The van der Waals surface area contributed by atoms with Crippen LogP contribution in [0.15, 0.2) is 66.3 Å². The molecule has 0 aliphatic rings. The second-order valence-corrected chi connectivity index (χ2v) is 3.79. The van der Waals surface area contributed by atoms with Crippen LogP contribution in [0.1, 0.15) is 19.4 Å². The van der Waals surface area contributed by atoms with E-state index in [2.05, 4.69) is 56.8 Å². The van der Waals surface area contributed by atoms with Gasteiger partial charge in [0.2, 0.25) is 0 Å². The average molecular weight is 198 g/mol. The molecular formula is C15H18. The summed E-state index contributed by atoms with van der Waals surface area (Å²) < 4.78 is 0. The van der Waals surface area contributed by atoms with Crippen molar-refractivity contribution in [1.29, 1.82) is 0 Å². The Labute approximate surface area is 92.6 Å². The smallest absolute Gasteiger partial charge is 0.00668 e. The Bertz CT molecular complexity index is 366. The summed E-state index contributed by atoms with van der Waals surface area (Å²) in [5.74, 6) is 0. The van der Waals surface area contributed by atoms with Crippen LogP contribution in [0, 0.1) is 0 Å². The van der Waals surface area contributed by atoms with Crippen LogP contribution in [0.5, 0.6) is 0 Å². The van der Waals surface area contributed by atoms with Crippen LogP contribution in [-0.2, 0) is 6.42 Å². The lowest BCUT2D eigenvalue weighted by Crippen LogP contribution is -1.85. The second kappa shape index (κ2) is 6.02. The van der Waals surface area contributed by atoms with E-state index in [4.69, 9.17) is 0 Å². The number of allylic oxidation sites excluding steroid dienone is 5. The molecule has 0 spiro atoms. The van der Waals surface area contributed by atoms with Gasteiger partial charge in [-0.1, -0.05) is 66.3 Å². The van der Waals surface area contributed by atoms with Gasteiger partial charge in [-0.15, -0.1) is 0 Å². The highest BCUT2D eigenvalue weighted by Gasteiger charge is 1.91. The molecule has 0 fully saturated rings. The maximum absolute atomic E-state index is 3.72. The molecule has 0 radical (unpaired) electrons. The van der Waals surface area contributed by atoms with E-state index in [9.17, 15) is 0 Å². The first-order valence-corrected chi connectivity index (χ1v) is 5.23. The van der Waals surface area contributed by atoms with E-state index in [0.29, 0.717) is 0 Å². The van der Waals surface area contributed by atoms with Gasteiger partial charge < -0.3 is 0 Å². The van der Waals surface area contributed by atoms with Gasteiger partial charge in [-0.05, 0) is 25.8 Å². The van der Waals surface area contributed by atoms with Crippen molar-refractivity contribution in [2.75, 3.05) is 0 Å². The summed E-state index contributed by atoms with van der Waals surface area (Å²) in [6, 6.07) is 10.5. The van der Waals surface area contributed by atoms with Crippen LogP contribution in [-0.4, -0.2) is 0 Å². The van der Waals surface area contributed by atoms with Gasteiger partial charge in [0.15, 0.2) is 0 Å². The Hall–Kier alpha value is -1.56. The lowest BCUT2D eigenvalue weighted by Gasteiger charge is -2.00. The van der Waals surface area contributed by atoms with E-state index >= 15 is 0 Å². The molecule has 0 aliphatic carbocycles. The van der Waals surface area contributed by atoms with Crippen LogP contribution in [0.2, 0.25) is 0 Å². The fourth-order valence-electron chi connectivity index (χ4n) is 1.32. The molecule has 1 rings (SSSR count). The van der Waals surface area contributed by atoms with Gasteiger partial charge >= 0.3 is 0 Å². The lowest BCUT2D eigenvalue weighted by molar-refractivity contribution is 1.14. The molecule has 0 amide bonds. The highest BCUT2D eigenvalue weighted by molar-refractivity contribution is 5.26. The van der Waals surface area contributed by atoms with Gasteiger partial charge in [0.1, 0.15) is 0 Å². The first-order valence-electron chi connectivity index (χ1n) is 5.23. The van der Waals surface area contributed by atoms with Crippen molar-refractivity contribution in [2.24, 2.45) is 0 Å². The molecule has 0 heteroatoms. The Kier molecular flexibility index (Phi) is 4.62. The van der Waals surface area contributed by atoms with Crippen molar-refractivity contribution in [3.8, 4) is 0 Å². The molecule has 0 saturated heterocycles. The van der Waals surface area contributed by atoms with E-state index in [0.717, 1.165) is 6.42 Å². The Morgan fingerprint density at radius 1 is 1.13 bits per heavy atom. The molecule has 1 aromatic carbocycles. The number of hydrogen-bond acceptors (Lipinski definition) is 0. The SMILES string of the molecule is C=C/C(C)=C\C=C(/C)Cc1ccccc1. The zero-order valence-corrected chi connectivity index (χ0v) is 9.53.